The minimum Gasteiger partial charge on any atom is -0.462 e. The largest absolute Gasteiger partial charge is 0.472 e. The maximum atomic E-state index is 12.5. The Morgan fingerprint density at radius 3 is 1.55 bits per heavy atom. The van der Waals surface area contributed by atoms with Crippen LogP contribution in [-0.4, -0.2) is 49.3 Å². The molecule has 0 saturated carbocycles. The zero-order valence-corrected chi connectivity index (χ0v) is 30.9. The van der Waals surface area contributed by atoms with Gasteiger partial charge in [-0.05, 0) is 64.2 Å². The van der Waals surface area contributed by atoms with Gasteiger partial charge in [0.15, 0.2) is 6.10 Å². The fourth-order valence-corrected chi connectivity index (χ4v) is 5.74. The molecular formula is C37H70NO8P. The lowest BCUT2D eigenvalue weighted by Gasteiger charge is -2.19. The highest BCUT2D eigenvalue weighted by atomic mass is 31.2. The van der Waals surface area contributed by atoms with Gasteiger partial charge in [-0.3, -0.25) is 18.6 Å². The molecular weight excluding hydrogens is 617 g/mol. The van der Waals surface area contributed by atoms with Crippen LogP contribution in [0, 0.1) is 0 Å². The molecule has 0 rings (SSSR count). The van der Waals surface area contributed by atoms with Crippen LogP contribution in [0.15, 0.2) is 24.3 Å². The Bertz CT molecular complexity index is 835. The van der Waals surface area contributed by atoms with E-state index in [1.165, 1.54) is 57.8 Å². The van der Waals surface area contributed by atoms with Crippen LogP contribution in [0.5, 0.6) is 0 Å². The van der Waals surface area contributed by atoms with Gasteiger partial charge in [-0.15, -0.1) is 0 Å². The molecule has 9 nitrogen and oxygen atoms in total. The van der Waals surface area contributed by atoms with Crippen molar-refractivity contribution in [3.63, 3.8) is 0 Å². The van der Waals surface area contributed by atoms with Crippen LogP contribution in [0.2, 0.25) is 0 Å². The first-order valence-corrected chi connectivity index (χ1v) is 20.3. The maximum Gasteiger partial charge on any atom is 0.472 e. The Morgan fingerprint density at radius 1 is 0.617 bits per heavy atom. The molecule has 0 heterocycles. The van der Waals surface area contributed by atoms with Gasteiger partial charge in [0.2, 0.25) is 0 Å². The van der Waals surface area contributed by atoms with Gasteiger partial charge >= 0.3 is 19.8 Å². The van der Waals surface area contributed by atoms with Crippen molar-refractivity contribution in [3.05, 3.63) is 24.3 Å². The van der Waals surface area contributed by atoms with E-state index in [2.05, 4.69) is 38.2 Å². The number of hydrogen-bond acceptors (Lipinski definition) is 8. The minimum atomic E-state index is -4.37. The molecule has 1 unspecified atom stereocenters. The lowest BCUT2D eigenvalue weighted by molar-refractivity contribution is -0.161. The van der Waals surface area contributed by atoms with Gasteiger partial charge < -0.3 is 20.1 Å². The van der Waals surface area contributed by atoms with Gasteiger partial charge in [0.25, 0.3) is 0 Å². The molecule has 0 amide bonds. The molecule has 0 fully saturated rings. The summed E-state index contributed by atoms with van der Waals surface area (Å²) < 4.78 is 32.6. The quantitative estimate of drug-likeness (QED) is 0.0289. The van der Waals surface area contributed by atoms with Gasteiger partial charge in [-0.2, -0.15) is 0 Å². The Labute approximate surface area is 287 Å². The first-order valence-electron chi connectivity index (χ1n) is 18.8. The zero-order chi connectivity index (χ0) is 34.7. The van der Waals surface area contributed by atoms with E-state index in [0.29, 0.717) is 6.42 Å². The summed E-state index contributed by atoms with van der Waals surface area (Å²) in [5.74, 6) is -0.850. The molecule has 0 aromatic rings. The van der Waals surface area contributed by atoms with Gasteiger partial charge in [-0.1, -0.05) is 115 Å². The van der Waals surface area contributed by atoms with Crippen molar-refractivity contribution in [2.45, 2.75) is 174 Å². The van der Waals surface area contributed by atoms with Gasteiger partial charge in [-0.25, -0.2) is 4.57 Å². The number of nitrogens with two attached hydrogens (primary N) is 1. The van der Waals surface area contributed by atoms with Crippen molar-refractivity contribution in [2.75, 3.05) is 26.4 Å². The van der Waals surface area contributed by atoms with E-state index in [4.69, 9.17) is 24.3 Å². The van der Waals surface area contributed by atoms with Crippen LogP contribution in [0.3, 0.4) is 0 Å². The monoisotopic (exact) mass is 687 g/mol. The first kappa shape index (κ1) is 45.5. The zero-order valence-electron chi connectivity index (χ0n) is 30.0. The summed E-state index contributed by atoms with van der Waals surface area (Å²) in [4.78, 5) is 34.6. The normalized spacial score (nSPS) is 13.7. The van der Waals surface area contributed by atoms with Gasteiger partial charge in [0.05, 0.1) is 13.2 Å². The molecule has 0 radical (unpaired) electrons. The topological polar surface area (TPSA) is 134 Å². The van der Waals surface area contributed by atoms with E-state index >= 15 is 0 Å². The predicted molar refractivity (Wildman–Crippen MR) is 192 cm³/mol. The third-order valence-corrected chi connectivity index (χ3v) is 8.79. The first-order chi connectivity index (χ1) is 22.8. The van der Waals surface area contributed by atoms with E-state index in [0.717, 1.165) is 77.0 Å². The molecule has 0 saturated heterocycles. The number of carbonyl (C=O) groups excluding carboxylic acids is 2. The van der Waals surface area contributed by atoms with E-state index in [-0.39, 0.29) is 32.6 Å². The van der Waals surface area contributed by atoms with Crippen LogP contribution in [-0.2, 0) is 32.7 Å². The van der Waals surface area contributed by atoms with Crippen LogP contribution in [0.1, 0.15) is 168 Å². The summed E-state index contributed by atoms with van der Waals surface area (Å²) in [5.41, 5.74) is 5.32. The van der Waals surface area contributed by atoms with E-state index in [9.17, 15) is 19.0 Å². The number of unbranched alkanes of at least 4 members (excludes halogenated alkanes) is 18. The fourth-order valence-electron chi connectivity index (χ4n) is 4.97. The van der Waals surface area contributed by atoms with Gasteiger partial charge in [0, 0.05) is 19.4 Å². The lowest BCUT2D eigenvalue weighted by Crippen LogP contribution is -2.29. The molecule has 0 spiro atoms. The Morgan fingerprint density at radius 2 is 1.04 bits per heavy atom. The highest BCUT2D eigenvalue weighted by Crippen LogP contribution is 2.43. The summed E-state index contributed by atoms with van der Waals surface area (Å²) in [6.07, 6.45) is 33.5. The van der Waals surface area contributed by atoms with Crippen LogP contribution >= 0.6 is 7.82 Å². The maximum absolute atomic E-state index is 12.5. The standard InChI is InChI=1S/C37H70NO8P/c1-3-5-7-9-11-13-15-17-18-20-21-23-25-27-29-36(39)43-33-35(34-45-47(41,42)44-32-31-38)46-37(40)30-28-26-24-22-19-16-14-12-10-8-6-4-2/h12,14-15,17,35H,3-11,13,16,18-34,38H2,1-2H3,(H,41,42)/b14-12-,17-15-/t35-/m1/s1. The minimum absolute atomic E-state index is 0.0516. The Kier molecular flexibility index (Phi) is 33.3. The van der Waals surface area contributed by atoms with Crippen LogP contribution in [0.25, 0.3) is 0 Å². The molecule has 0 aromatic heterocycles. The van der Waals surface area contributed by atoms with E-state index < -0.39 is 32.5 Å². The highest BCUT2D eigenvalue weighted by Gasteiger charge is 2.25. The van der Waals surface area contributed by atoms with Crippen molar-refractivity contribution >= 4 is 19.8 Å². The molecule has 10 heteroatoms. The summed E-state index contributed by atoms with van der Waals surface area (Å²) in [5, 5.41) is 0. The Hall–Kier alpha value is -1.51. The molecule has 47 heavy (non-hydrogen) atoms. The molecule has 0 aliphatic carbocycles. The third-order valence-electron chi connectivity index (χ3n) is 7.81. The third kappa shape index (κ3) is 34.2. The van der Waals surface area contributed by atoms with Crippen molar-refractivity contribution < 1.29 is 37.6 Å². The predicted octanol–water partition coefficient (Wildman–Crippen LogP) is 10.0. The van der Waals surface area contributed by atoms with Gasteiger partial charge in [0.1, 0.15) is 6.61 Å². The SMILES string of the molecule is CCCCC/C=C\CCCCCCCC(=O)O[C@H](COC(=O)CCCCCCC/C=C\CCCCCCC)COP(=O)(O)OCCN. The Balaban J connectivity index is 4.25. The van der Waals surface area contributed by atoms with Crippen molar-refractivity contribution in [3.8, 4) is 0 Å². The smallest absolute Gasteiger partial charge is 0.462 e. The number of carbonyl (C=O) groups is 2. The molecule has 0 aliphatic heterocycles. The molecule has 276 valence electrons. The summed E-state index contributed by atoms with van der Waals surface area (Å²) in [7, 11) is -4.37. The average molecular weight is 688 g/mol. The molecule has 0 aliphatic rings. The fraction of sp³-hybridized carbons (Fsp3) is 0.838. The van der Waals surface area contributed by atoms with Crippen molar-refractivity contribution in [2.24, 2.45) is 5.73 Å². The second-order valence-electron chi connectivity index (χ2n) is 12.4. The molecule has 0 bridgehead atoms. The average Bonchev–Trinajstić information content (AvgIpc) is 3.05. The number of allylic oxidation sites excluding steroid dienone is 4. The van der Waals surface area contributed by atoms with Crippen molar-refractivity contribution in [1.29, 1.82) is 0 Å². The summed E-state index contributed by atoms with van der Waals surface area (Å²) in [6.45, 7) is 3.66. The number of phosphoric acid groups is 1. The number of ether oxygens (including phenoxy) is 2. The number of phosphoric ester groups is 1. The molecule has 2 atom stereocenters. The van der Waals surface area contributed by atoms with Crippen LogP contribution < -0.4 is 5.73 Å². The molecule has 3 N–H and O–H groups in total. The van der Waals surface area contributed by atoms with Crippen molar-refractivity contribution in [1.82, 2.24) is 0 Å². The van der Waals surface area contributed by atoms with Crippen LogP contribution in [0.4, 0.5) is 0 Å². The summed E-state index contributed by atoms with van der Waals surface area (Å²) >= 11 is 0. The number of hydrogen-bond donors (Lipinski definition) is 2. The second-order valence-corrected chi connectivity index (χ2v) is 13.9. The lowest BCUT2D eigenvalue weighted by atomic mass is 10.1. The molecule has 0 aromatic carbocycles. The van der Waals surface area contributed by atoms with E-state index in [1.54, 1.807) is 0 Å². The van der Waals surface area contributed by atoms with E-state index in [1.807, 2.05) is 0 Å². The summed E-state index contributed by atoms with van der Waals surface area (Å²) in [6, 6.07) is 0. The second kappa shape index (κ2) is 34.4. The highest BCUT2D eigenvalue weighted by molar-refractivity contribution is 7.47. The number of rotatable bonds is 35. The number of esters is 2.